The fourth-order valence-electron chi connectivity index (χ4n) is 3.03. The highest BCUT2D eigenvalue weighted by Crippen LogP contribution is 2.37. The van der Waals surface area contributed by atoms with Crippen LogP contribution >= 0.6 is 0 Å². The number of anilines is 2. The van der Waals surface area contributed by atoms with Gasteiger partial charge in [0.2, 0.25) is 0 Å². The van der Waals surface area contributed by atoms with E-state index in [0.717, 1.165) is 12.8 Å². The molecule has 1 amide bonds. The molecule has 8 heteroatoms. The second-order valence-electron chi connectivity index (χ2n) is 6.80. The maximum absolute atomic E-state index is 12.2. The number of hydrogen-bond acceptors (Lipinski definition) is 7. The molecule has 0 aromatic heterocycles. The zero-order chi connectivity index (χ0) is 21.1. The number of rotatable bonds is 7. The third-order valence-corrected chi connectivity index (χ3v) is 4.78. The fraction of sp³-hybridized carbons (Fsp3) is 0.238. The van der Waals surface area contributed by atoms with Gasteiger partial charge >= 0.3 is 0 Å². The Morgan fingerprint density at radius 1 is 1.07 bits per heavy atom. The van der Waals surface area contributed by atoms with Crippen LogP contribution in [0.15, 0.2) is 36.5 Å². The predicted octanol–water partition coefficient (Wildman–Crippen LogP) is 1.86. The monoisotopic (exact) mass is 395 g/mol. The van der Waals surface area contributed by atoms with E-state index in [1.165, 1.54) is 20.4 Å². The van der Waals surface area contributed by atoms with E-state index in [0.29, 0.717) is 45.1 Å². The maximum Gasteiger partial charge on any atom is 0.270 e. The minimum atomic E-state index is -0.425. The van der Waals surface area contributed by atoms with Crippen molar-refractivity contribution >= 4 is 28.6 Å². The minimum Gasteiger partial charge on any atom is -0.493 e. The summed E-state index contributed by atoms with van der Waals surface area (Å²) in [6.07, 6.45) is 3.33. The summed E-state index contributed by atoms with van der Waals surface area (Å²) in [7, 11) is 3.07. The second kappa shape index (κ2) is 8.14. The lowest BCUT2D eigenvalue weighted by Crippen LogP contribution is -2.33. The van der Waals surface area contributed by atoms with Crippen LogP contribution in [-0.2, 0) is 4.79 Å². The van der Waals surface area contributed by atoms with E-state index in [1.807, 2.05) is 0 Å². The van der Waals surface area contributed by atoms with Gasteiger partial charge in [0.25, 0.3) is 5.91 Å². The minimum absolute atomic E-state index is 0.162. The van der Waals surface area contributed by atoms with E-state index >= 15 is 0 Å². The first-order valence-corrected chi connectivity index (χ1v) is 9.13. The molecular formula is C21H25N5O3. The van der Waals surface area contributed by atoms with Crippen molar-refractivity contribution in [1.82, 2.24) is 5.32 Å². The topological polar surface area (TPSA) is 149 Å². The Morgan fingerprint density at radius 2 is 1.69 bits per heavy atom. The maximum atomic E-state index is 12.2. The molecule has 0 unspecified atom stereocenters. The van der Waals surface area contributed by atoms with Crippen molar-refractivity contribution in [3.8, 4) is 11.5 Å². The standard InChI is InChI=1S/C21H25N5O3/c1-28-18-8-14(17(24)9-19(18)29-2)15(10-22)11-3-6-13(16(23)7-11)20(25)21(27)26-12-4-5-12/h3,6-10,12,25H,4-5,22-24H2,1-2H3,(H,26,27)/b15-10-,25-20?. The lowest BCUT2D eigenvalue weighted by atomic mass is 9.94. The van der Waals surface area contributed by atoms with Crippen LogP contribution in [0, 0.1) is 5.41 Å². The zero-order valence-electron chi connectivity index (χ0n) is 16.4. The number of amides is 1. The van der Waals surface area contributed by atoms with Gasteiger partial charge in [0, 0.05) is 46.4 Å². The van der Waals surface area contributed by atoms with E-state index < -0.39 is 5.91 Å². The molecule has 0 saturated heterocycles. The molecule has 29 heavy (non-hydrogen) atoms. The first kappa shape index (κ1) is 20.1. The molecule has 1 fully saturated rings. The highest BCUT2D eigenvalue weighted by atomic mass is 16.5. The van der Waals surface area contributed by atoms with E-state index in [-0.39, 0.29) is 11.8 Å². The summed E-state index contributed by atoms with van der Waals surface area (Å²) in [4.78, 5) is 12.2. The number of hydrogen-bond donors (Lipinski definition) is 5. The number of carbonyl (C=O) groups is 1. The van der Waals surface area contributed by atoms with Crippen LogP contribution in [0.25, 0.3) is 5.57 Å². The van der Waals surface area contributed by atoms with Gasteiger partial charge in [-0.3, -0.25) is 10.2 Å². The third-order valence-electron chi connectivity index (χ3n) is 4.78. The van der Waals surface area contributed by atoms with Crippen molar-refractivity contribution in [3.05, 3.63) is 53.2 Å². The summed E-state index contributed by atoms with van der Waals surface area (Å²) in [6.45, 7) is 0. The van der Waals surface area contributed by atoms with Gasteiger partial charge in [0.1, 0.15) is 5.71 Å². The second-order valence-corrected chi connectivity index (χ2v) is 6.80. The summed E-state index contributed by atoms with van der Waals surface area (Å²) in [6, 6.07) is 8.63. The molecule has 1 aliphatic carbocycles. The molecule has 2 aromatic rings. The Hall–Kier alpha value is -3.68. The number of methoxy groups -OCH3 is 2. The van der Waals surface area contributed by atoms with Gasteiger partial charge in [0.15, 0.2) is 11.5 Å². The number of nitrogens with one attached hydrogen (secondary N) is 2. The van der Waals surface area contributed by atoms with Crippen molar-refractivity contribution in [3.63, 3.8) is 0 Å². The highest BCUT2D eigenvalue weighted by Gasteiger charge is 2.26. The molecule has 8 N–H and O–H groups in total. The van der Waals surface area contributed by atoms with Crippen LogP contribution in [0.5, 0.6) is 11.5 Å². The predicted molar refractivity (Wildman–Crippen MR) is 114 cm³/mol. The number of nitrogens with two attached hydrogens (primary N) is 3. The van der Waals surface area contributed by atoms with Gasteiger partial charge in [-0.2, -0.15) is 0 Å². The Morgan fingerprint density at radius 3 is 2.24 bits per heavy atom. The van der Waals surface area contributed by atoms with Crippen molar-refractivity contribution in [1.29, 1.82) is 5.41 Å². The summed E-state index contributed by atoms with van der Waals surface area (Å²) in [5.74, 6) is 0.597. The lowest BCUT2D eigenvalue weighted by Gasteiger charge is -2.16. The fourth-order valence-corrected chi connectivity index (χ4v) is 3.03. The molecular weight excluding hydrogens is 370 g/mol. The van der Waals surface area contributed by atoms with Crippen LogP contribution < -0.4 is 32.0 Å². The van der Waals surface area contributed by atoms with Crippen LogP contribution in [0.4, 0.5) is 11.4 Å². The number of nitrogen functional groups attached to an aromatic ring is 2. The van der Waals surface area contributed by atoms with Crippen LogP contribution in [0.1, 0.15) is 29.5 Å². The molecule has 0 bridgehead atoms. The normalized spacial score (nSPS) is 13.7. The van der Waals surface area contributed by atoms with Crippen molar-refractivity contribution in [2.75, 3.05) is 25.7 Å². The summed E-state index contributed by atoms with van der Waals surface area (Å²) < 4.78 is 10.6. The van der Waals surface area contributed by atoms with Gasteiger partial charge in [-0.15, -0.1) is 0 Å². The lowest BCUT2D eigenvalue weighted by molar-refractivity contribution is -0.114. The van der Waals surface area contributed by atoms with Gasteiger partial charge in [-0.05, 0) is 36.6 Å². The Bertz CT molecular complexity index is 996. The molecule has 0 spiro atoms. The van der Waals surface area contributed by atoms with Crippen LogP contribution in [-0.4, -0.2) is 31.9 Å². The van der Waals surface area contributed by atoms with E-state index in [4.69, 9.17) is 32.1 Å². The Kier molecular flexibility index (Phi) is 5.63. The largest absolute Gasteiger partial charge is 0.493 e. The average molecular weight is 395 g/mol. The number of benzene rings is 2. The number of carbonyl (C=O) groups excluding carboxylic acids is 1. The van der Waals surface area contributed by atoms with Crippen molar-refractivity contribution < 1.29 is 14.3 Å². The molecule has 0 heterocycles. The molecule has 3 rings (SSSR count). The molecule has 8 nitrogen and oxygen atoms in total. The van der Waals surface area contributed by atoms with Gasteiger partial charge in [-0.25, -0.2) is 0 Å². The summed E-state index contributed by atoms with van der Waals surface area (Å²) >= 11 is 0. The van der Waals surface area contributed by atoms with Gasteiger partial charge < -0.3 is 32.0 Å². The number of ether oxygens (including phenoxy) is 2. The third kappa shape index (κ3) is 4.11. The van der Waals surface area contributed by atoms with Gasteiger partial charge in [-0.1, -0.05) is 6.07 Å². The average Bonchev–Trinajstić information content (AvgIpc) is 3.53. The molecule has 1 aliphatic rings. The van der Waals surface area contributed by atoms with E-state index in [1.54, 1.807) is 30.3 Å². The van der Waals surface area contributed by atoms with Crippen LogP contribution in [0.2, 0.25) is 0 Å². The van der Waals surface area contributed by atoms with E-state index in [9.17, 15) is 4.79 Å². The van der Waals surface area contributed by atoms with Gasteiger partial charge in [0.05, 0.1) is 14.2 Å². The molecule has 0 atom stereocenters. The Balaban J connectivity index is 1.94. The summed E-state index contributed by atoms with van der Waals surface area (Å²) in [5, 5.41) is 10.9. The molecule has 152 valence electrons. The Labute approximate surface area is 169 Å². The smallest absolute Gasteiger partial charge is 0.270 e. The molecule has 0 aliphatic heterocycles. The van der Waals surface area contributed by atoms with Crippen molar-refractivity contribution in [2.45, 2.75) is 18.9 Å². The SMILES string of the molecule is COc1cc(N)c(/C(=C\N)c2ccc(C(=N)C(=O)NC3CC3)c(N)c2)cc1OC. The molecule has 0 radical (unpaired) electrons. The van der Waals surface area contributed by atoms with Crippen LogP contribution in [0.3, 0.4) is 0 Å². The molecule has 1 saturated carbocycles. The zero-order valence-corrected chi connectivity index (χ0v) is 16.4. The van der Waals surface area contributed by atoms with Crippen molar-refractivity contribution in [2.24, 2.45) is 5.73 Å². The first-order valence-electron chi connectivity index (χ1n) is 9.13. The summed E-state index contributed by atoms with van der Waals surface area (Å²) in [5.41, 5.74) is 21.2. The quantitative estimate of drug-likeness (QED) is 0.357. The van der Waals surface area contributed by atoms with E-state index in [2.05, 4.69) is 5.32 Å². The highest BCUT2D eigenvalue weighted by molar-refractivity contribution is 6.45. The first-order chi connectivity index (χ1) is 13.9. The molecule has 2 aromatic carbocycles.